The molecule has 0 aliphatic heterocycles. The van der Waals surface area contributed by atoms with E-state index in [2.05, 4.69) is 37.2 Å². The van der Waals surface area contributed by atoms with Crippen molar-refractivity contribution >= 4 is 11.8 Å². The lowest BCUT2D eigenvalue weighted by molar-refractivity contribution is 0.351. The molecular weight excluding hydrogens is 202 g/mol. The van der Waals surface area contributed by atoms with Gasteiger partial charge >= 0.3 is 0 Å². The Labute approximate surface area is 99.8 Å². The molecule has 0 amide bonds. The van der Waals surface area contributed by atoms with Crippen LogP contribution in [0.1, 0.15) is 52.4 Å². The molecule has 1 aliphatic carbocycles. The molecule has 0 heterocycles. The highest BCUT2D eigenvalue weighted by Crippen LogP contribution is 2.26. The molecule has 1 N–H and O–H groups in total. The van der Waals surface area contributed by atoms with E-state index in [9.17, 15) is 0 Å². The van der Waals surface area contributed by atoms with E-state index in [0.717, 1.165) is 17.2 Å². The van der Waals surface area contributed by atoms with Crippen molar-refractivity contribution in [3.63, 3.8) is 0 Å². The van der Waals surface area contributed by atoms with Gasteiger partial charge in [0.25, 0.3) is 0 Å². The molecular formula is C13H27NS. The number of hydrogen-bond donors (Lipinski definition) is 1. The van der Waals surface area contributed by atoms with E-state index in [1.165, 1.54) is 45.1 Å². The van der Waals surface area contributed by atoms with Crippen molar-refractivity contribution in [1.82, 2.24) is 5.32 Å². The predicted molar refractivity (Wildman–Crippen MR) is 71.6 cm³/mol. The van der Waals surface area contributed by atoms with E-state index in [1.54, 1.807) is 0 Å². The van der Waals surface area contributed by atoms with Gasteiger partial charge in [0, 0.05) is 11.3 Å². The summed E-state index contributed by atoms with van der Waals surface area (Å²) in [4.78, 5) is 0. The van der Waals surface area contributed by atoms with Crippen LogP contribution in [0, 0.1) is 5.92 Å². The largest absolute Gasteiger partial charge is 0.314 e. The third-order valence-electron chi connectivity index (χ3n) is 3.54. The predicted octanol–water partition coefficient (Wildman–Crippen LogP) is 3.69. The third kappa shape index (κ3) is 5.26. The Morgan fingerprint density at radius 3 is 2.47 bits per heavy atom. The van der Waals surface area contributed by atoms with E-state index in [4.69, 9.17) is 0 Å². The highest BCUT2D eigenvalue weighted by atomic mass is 32.2. The quantitative estimate of drug-likeness (QED) is 0.745. The second-order valence-corrected chi connectivity index (χ2v) is 6.15. The van der Waals surface area contributed by atoms with Gasteiger partial charge in [0.2, 0.25) is 0 Å². The Kier molecular flexibility index (Phi) is 6.74. The summed E-state index contributed by atoms with van der Waals surface area (Å²) < 4.78 is 0. The summed E-state index contributed by atoms with van der Waals surface area (Å²) in [6, 6.07) is 0.813. The van der Waals surface area contributed by atoms with Crippen LogP contribution in [0.4, 0.5) is 0 Å². The van der Waals surface area contributed by atoms with Crippen LogP contribution < -0.4 is 5.32 Å². The smallest absolute Gasteiger partial charge is 0.00679 e. The van der Waals surface area contributed by atoms with Gasteiger partial charge in [0.15, 0.2) is 0 Å². The first kappa shape index (κ1) is 13.4. The fourth-order valence-electron chi connectivity index (χ4n) is 2.47. The first-order valence-electron chi connectivity index (χ1n) is 6.52. The first-order valence-corrected chi connectivity index (χ1v) is 7.81. The summed E-state index contributed by atoms with van der Waals surface area (Å²) in [5, 5.41) is 4.68. The highest BCUT2D eigenvalue weighted by molar-refractivity contribution is 7.99. The molecule has 2 heteroatoms. The topological polar surface area (TPSA) is 12.0 Å². The van der Waals surface area contributed by atoms with Crippen LogP contribution in [0.25, 0.3) is 0 Å². The minimum Gasteiger partial charge on any atom is -0.314 e. The molecule has 1 atom stereocenters. The molecule has 1 unspecified atom stereocenters. The van der Waals surface area contributed by atoms with Gasteiger partial charge in [-0.05, 0) is 50.8 Å². The molecule has 0 aromatic heterocycles. The van der Waals surface area contributed by atoms with Crippen molar-refractivity contribution in [1.29, 1.82) is 0 Å². The van der Waals surface area contributed by atoms with Gasteiger partial charge in [-0.25, -0.2) is 0 Å². The van der Waals surface area contributed by atoms with E-state index in [1.807, 2.05) is 0 Å². The van der Waals surface area contributed by atoms with E-state index in [0.29, 0.717) is 0 Å². The summed E-state index contributed by atoms with van der Waals surface area (Å²) in [6.45, 7) is 5.87. The first-order chi connectivity index (χ1) is 7.26. The second kappa shape index (κ2) is 7.56. The Balaban J connectivity index is 2.08. The average molecular weight is 229 g/mol. The van der Waals surface area contributed by atoms with Crippen LogP contribution in [-0.4, -0.2) is 24.1 Å². The Bertz CT molecular complexity index is 153. The lowest BCUT2D eigenvalue weighted by Gasteiger charge is -2.29. The highest BCUT2D eigenvalue weighted by Gasteiger charge is 2.19. The summed E-state index contributed by atoms with van der Waals surface area (Å²) in [7, 11) is 0. The van der Waals surface area contributed by atoms with Crippen LogP contribution in [-0.2, 0) is 0 Å². The molecule has 0 bridgehead atoms. The molecule has 0 spiro atoms. The molecule has 1 saturated carbocycles. The van der Waals surface area contributed by atoms with Crippen molar-refractivity contribution in [2.45, 2.75) is 63.7 Å². The van der Waals surface area contributed by atoms with Gasteiger partial charge in [-0.1, -0.05) is 20.3 Å². The summed E-state index contributed by atoms with van der Waals surface area (Å²) >= 11 is 2.05. The zero-order valence-electron chi connectivity index (χ0n) is 10.6. The van der Waals surface area contributed by atoms with Gasteiger partial charge in [-0.3, -0.25) is 0 Å². The maximum Gasteiger partial charge on any atom is 0.00679 e. The summed E-state index contributed by atoms with van der Waals surface area (Å²) in [5.74, 6) is 0.855. The molecule has 0 aromatic carbocycles. The number of nitrogens with one attached hydrogen (secondary N) is 1. The van der Waals surface area contributed by atoms with Crippen molar-refractivity contribution in [3.8, 4) is 0 Å². The standard InChI is InChI=1S/C13H27NS/c1-4-5-11(2)10-14-12-6-8-13(15-3)9-7-12/h11-14H,4-10H2,1-3H3. The number of thioether (sulfide) groups is 1. The Morgan fingerprint density at radius 1 is 1.27 bits per heavy atom. The Morgan fingerprint density at radius 2 is 1.93 bits per heavy atom. The maximum atomic E-state index is 3.74. The minimum absolute atomic E-state index is 0.813. The van der Waals surface area contributed by atoms with Crippen molar-refractivity contribution < 1.29 is 0 Å². The molecule has 0 radical (unpaired) electrons. The van der Waals surface area contributed by atoms with Crippen molar-refractivity contribution in [2.75, 3.05) is 12.8 Å². The molecule has 1 nitrogen and oxygen atoms in total. The molecule has 1 rings (SSSR count). The fourth-order valence-corrected chi connectivity index (χ4v) is 3.21. The van der Waals surface area contributed by atoms with E-state index in [-0.39, 0.29) is 0 Å². The second-order valence-electron chi connectivity index (χ2n) is 5.01. The van der Waals surface area contributed by atoms with Gasteiger partial charge in [0.1, 0.15) is 0 Å². The summed E-state index contributed by atoms with van der Waals surface area (Å²) in [5.41, 5.74) is 0. The lowest BCUT2D eigenvalue weighted by atomic mass is 9.94. The zero-order chi connectivity index (χ0) is 11.1. The van der Waals surface area contributed by atoms with Crippen LogP contribution in [0.3, 0.4) is 0 Å². The zero-order valence-corrected chi connectivity index (χ0v) is 11.4. The van der Waals surface area contributed by atoms with Crippen LogP contribution >= 0.6 is 11.8 Å². The molecule has 15 heavy (non-hydrogen) atoms. The molecule has 0 saturated heterocycles. The average Bonchev–Trinajstić information content (AvgIpc) is 2.27. The van der Waals surface area contributed by atoms with Crippen LogP contribution in [0.15, 0.2) is 0 Å². The van der Waals surface area contributed by atoms with E-state index >= 15 is 0 Å². The number of rotatable bonds is 6. The molecule has 0 aromatic rings. The van der Waals surface area contributed by atoms with Crippen LogP contribution in [0.2, 0.25) is 0 Å². The number of hydrogen-bond acceptors (Lipinski definition) is 2. The fraction of sp³-hybridized carbons (Fsp3) is 1.00. The minimum atomic E-state index is 0.813. The summed E-state index contributed by atoms with van der Waals surface area (Å²) in [6.07, 6.45) is 10.6. The lowest BCUT2D eigenvalue weighted by Crippen LogP contribution is -2.36. The van der Waals surface area contributed by atoms with Gasteiger partial charge in [0.05, 0.1) is 0 Å². The van der Waals surface area contributed by atoms with Crippen LogP contribution in [0.5, 0.6) is 0 Å². The normalized spacial score (nSPS) is 29.0. The maximum absolute atomic E-state index is 3.74. The third-order valence-corrected chi connectivity index (χ3v) is 4.68. The SMILES string of the molecule is CCCC(C)CNC1CCC(SC)CC1. The van der Waals surface area contributed by atoms with E-state index < -0.39 is 0 Å². The van der Waals surface area contributed by atoms with Crippen molar-refractivity contribution in [3.05, 3.63) is 0 Å². The monoisotopic (exact) mass is 229 g/mol. The molecule has 1 aliphatic rings. The van der Waals surface area contributed by atoms with Gasteiger partial charge in [-0.15, -0.1) is 0 Å². The van der Waals surface area contributed by atoms with Crippen molar-refractivity contribution in [2.24, 2.45) is 5.92 Å². The Hall–Kier alpha value is 0.310. The molecule has 90 valence electrons. The molecule has 1 fully saturated rings. The van der Waals surface area contributed by atoms with Gasteiger partial charge < -0.3 is 5.32 Å². The van der Waals surface area contributed by atoms with Gasteiger partial charge in [-0.2, -0.15) is 11.8 Å².